The van der Waals surface area contributed by atoms with Gasteiger partial charge in [-0.1, -0.05) is 101 Å². The van der Waals surface area contributed by atoms with Gasteiger partial charge in [-0.25, -0.2) is 0 Å². The molecule has 0 fully saturated rings. The molecule has 4 aromatic rings. The number of hydrogen-bond acceptors (Lipinski definition) is 6. The van der Waals surface area contributed by atoms with Crippen LogP contribution in [0.15, 0.2) is 60.7 Å². The summed E-state index contributed by atoms with van der Waals surface area (Å²) in [6, 6.07) is 21.9. The fraction of sp³-hybridized carbons (Fsp3) is 0.404. The van der Waals surface area contributed by atoms with E-state index in [0.717, 1.165) is 60.8 Å². The molecule has 6 nitrogen and oxygen atoms in total. The van der Waals surface area contributed by atoms with Gasteiger partial charge in [-0.15, -0.1) is 0 Å². The number of fused-ring (bicyclic) bond motifs is 3. The van der Waals surface area contributed by atoms with Crippen molar-refractivity contribution in [3.8, 4) is 45.6 Å². The van der Waals surface area contributed by atoms with E-state index < -0.39 is 0 Å². The molecular formula is C47H58O6. The molecular weight excluding hydrogens is 661 g/mol. The van der Waals surface area contributed by atoms with Crippen molar-refractivity contribution in [3.05, 3.63) is 94.0 Å². The minimum absolute atomic E-state index is 0.0497. The van der Waals surface area contributed by atoms with Crippen molar-refractivity contribution < 1.29 is 28.4 Å². The molecule has 2 atom stereocenters. The highest BCUT2D eigenvalue weighted by Crippen LogP contribution is 2.54. The minimum Gasteiger partial charge on any atom is -0.493 e. The lowest BCUT2D eigenvalue weighted by Gasteiger charge is -2.32. The van der Waals surface area contributed by atoms with Crippen LogP contribution in [0.4, 0.5) is 0 Å². The highest BCUT2D eigenvalue weighted by molar-refractivity contribution is 5.85. The Morgan fingerprint density at radius 2 is 0.830 bits per heavy atom. The zero-order chi connectivity index (χ0) is 38.1. The molecule has 0 aromatic heterocycles. The van der Waals surface area contributed by atoms with Gasteiger partial charge in [0.2, 0.25) is 11.5 Å². The maximum Gasteiger partial charge on any atom is 0.203 e. The van der Waals surface area contributed by atoms with Crippen LogP contribution in [0, 0.1) is 0 Å². The Morgan fingerprint density at radius 3 is 1.13 bits per heavy atom. The van der Waals surface area contributed by atoms with E-state index in [1.165, 1.54) is 22.3 Å². The van der Waals surface area contributed by atoms with Crippen molar-refractivity contribution >= 4 is 24.3 Å². The van der Waals surface area contributed by atoms with Crippen molar-refractivity contribution in [2.45, 2.75) is 97.7 Å². The number of hydrogen-bond donors (Lipinski definition) is 0. The molecule has 6 heteroatoms. The standard InChI is InChI=1S/C47H58O6/c1-11-23-47(24-12-2)39-25-33(15-17-35-27-41(48-7)45(42(28-35)49-8)52-31(5)13-3)19-21-37(39)38-22-20-34(26-40(38)47)16-18-36-29-43(50-9)46(44(30-36)51-10)53-32(6)14-4/h15-22,25-32H,11-14,23-24H2,1-10H3/b17-15+,18-16+. The van der Waals surface area contributed by atoms with Crippen LogP contribution >= 0.6 is 0 Å². The van der Waals surface area contributed by atoms with Gasteiger partial charge in [0.25, 0.3) is 0 Å². The second-order valence-electron chi connectivity index (χ2n) is 14.0. The van der Waals surface area contributed by atoms with Gasteiger partial charge in [-0.3, -0.25) is 0 Å². The molecule has 1 aliphatic carbocycles. The largest absolute Gasteiger partial charge is 0.493 e. The van der Waals surface area contributed by atoms with E-state index in [4.69, 9.17) is 28.4 Å². The Bertz CT molecular complexity index is 1730. The Kier molecular flexibility index (Phi) is 13.2. The topological polar surface area (TPSA) is 55.4 Å². The second kappa shape index (κ2) is 17.8. The fourth-order valence-electron chi connectivity index (χ4n) is 7.43. The van der Waals surface area contributed by atoms with E-state index in [0.29, 0.717) is 34.5 Å². The SMILES string of the molecule is CCCC1(CCC)c2cc(/C=C/c3cc(OC)c(OC(C)CC)c(OC)c3)ccc2-c2ccc(/C=C/c3cc(OC)c(OC(C)CC)c(OC)c3)cc21. The first kappa shape index (κ1) is 39.4. The lowest BCUT2D eigenvalue weighted by molar-refractivity contribution is 0.198. The van der Waals surface area contributed by atoms with Crippen molar-refractivity contribution in [1.29, 1.82) is 0 Å². The average molecular weight is 719 g/mol. The summed E-state index contributed by atoms with van der Waals surface area (Å²) in [5.74, 6) is 3.92. The first-order valence-electron chi connectivity index (χ1n) is 19.2. The van der Waals surface area contributed by atoms with Crippen LogP contribution in [0.2, 0.25) is 0 Å². The summed E-state index contributed by atoms with van der Waals surface area (Å²) < 4.78 is 35.3. The van der Waals surface area contributed by atoms with Crippen molar-refractivity contribution in [3.63, 3.8) is 0 Å². The highest BCUT2D eigenvalue weighted by atomic mass is 16.5. The van der Waals surface area contributed by atoms with Gasteiger partial charge in [-0.05, 0) is 108 Å². The molecule has 0 saturated carbocycles. The zero-order valence-corrected chi connectivity index (χ0v) is 33.4. The Morgan fingerprint density at radius 1 is 0.491 bits per heavy atom. The number of ether oxygens (including phenoxy) is 6. The van der Waals surface area contributed by atoms with Gasteiger partial charge >= 0.3 is 0 Å². The summed E-state index contributed by atoms with van der Waals surface area (Å²) in [5.41, 5.74) is 9.71. The van der Waals surface area contributed by atoms with Gasteiger partial charge < -0.3 is 28.4 Å². The molecule has 4 aromatic carbocycles. The Labute approximate surface area is 317 Å². The third-order valence-corrected chi connectivity index (χ3v) is 10.5. The highest BCUT2D eigenvalue weighted by Gasteiger charge is 2.41. The van der Waals surface area contributed by atoms with Crippen LogP contribution in [0.3, 0.4) is 0 Å². The third kappa shape index (κ3) is 8.38. The van der Waals surface area contributed by atoms with E-state index in [9.17, 15) is 0 Å². The predicted octanol–water partition coefficient (Wildman–Crippen LogP) is 12.3. The Balaban J connectivity index is 1.50. The fourth-order valence-corrected chi connectivity index (χ4v) is 7.43. The van der Waals surface area contributed by atoms with Crippen molar-refractivity contribution in [1.82, 2.24) is 0 Å². The predicted molar refractivity (Wildman–Crippen MR) is 220 cm³/mol. The van der Waals surface area contributed by atoms with E-state index in [2.05, 4.69) is 88.4 Å². The van der Waals surface area contributed by atoms with Gasteiger partial charge in [0.1, 0.15) is 0 Å². The van der Waals surface area contributed by atoms with Crippen LogP contribution in [0.25, 0.3) is 35.4 Å². The van der Waals surface area contributed by atoms with Crippen molar-refractivity contribution in [2.75, 3.05) is 28.4 Å². The van der Waals surface area contributed by atoms with Crippen LogP contribution in [0.5, 0.6) is 34.5 Å². The molecule has 0 heterocycles. The molecule has 0 aliphatic heterocycles. The van der Waals surface area contributed by atoms with Crippen LogP contribution in [-0.2, 0) is 5.41 Å². The number of rotatable bonds is 18. The first-order chi connectivity index (χ1) is 25.7. The summed E-state index contributed by atoms with van der Waals surface area (Å²) >= 11 is 0. The molecule has 53 heavy (non-hydrogen) atoms. The zero-order valence-electron chi connectivity index (χ0n) is 33.4. The van der Waals surface area contributed by atoms with Gasteiger partial charge in [0.15, 0.2) is 23.0 Å². The van der Waals surface area contributed by atoms with E-state index in [1.54, 1.807) is 28.4 Å². The third-order valence-electron chi connectivity index (χ3n) is 10.5. The Hall–Kier alpha value is -4.84. The van der Waals surface area contributed by atoms with Gasteiger partial charge in [-0.2, -0.15) is 0 Å². The molecule has 0 amide bonds. The molecule has 0 saturated heterocycles. The normalized spacial score (nSPS) is 14.2. The van der Waals surface area contributed by atoms with Crippen LogP contribution in [0.1, 0.15) is 113 Å². The lowest BCUT2D eigenvalue weighted by Crippen LogP contribution is -2.25. The molecule has 2 unspecified atom stereocenters. The monoisotopic (exact) mass is 718 g/mol. The van der Waals surface area contributed by atoms with Gasteiger partial charge in [0.05, 0.1) is 40.6 Å². The summed E-state index contributed by atoms with van der Waals surface area (Å²) in [7, 11) is 6.67. The van der Waals surface area contributed by atoms with E-state index >= 15 is 0 Å². The molecule has 5 rings (SSSR count). The maximum atomic E-state index is 6.17. The second-order valence-corrected chi connectivity index (χ2v) is 14.0. The molecule has 0 spiro atoms. The van der Waals surface area contributed by atoms with Crippen LogP contribution < -0.4 is 28.4 Å². The molecule has 0 bridgehead atoms. The first-order valence-corrected chi connectivity index (χ1v) is 19.2. The number of methoxy groups -OCH3 is 4. The van der Waals surface area contributed by atoms with E-state index in [-0.39, 0.29) is 17.6 Å². The smallest absolute Gasteiger partial charge is 0.203 e. The average Bonchev–Trinajstić information content (AvgIpc) is 3.44. The molecule has 1 aliphatic rings. The molecule has 0 N–H and O–H groups in total. The number of benzene rings is 4. The van der Waals surface area contributed by atoms with Crippen molar-refractivity contribution in [2.24, 2.45) is 0 Å². The van der Waals surface area contributed by atoms with Crippen LogP contribution in [-0.4, -0.2) is 40.6 Å². The summed E-state index contributed by atoms with van der Waals surface area (Å²) in [5, 5.41) is 0. The van der Waals surface area contributed by atoms with Gasteiger partial charge in [0, 0.05) is 5.41 Å². The maximum absolute atomic E-state index is 6.17. The molecule has 282 valence electrons. The van der Waals surface area contributed by atoms with E-state index in [1.807, 2.05) is 38.1 Å². The summed E-state index contributed by atoms with van der Waals surface area (Å²) in [6.45, 7) is 12.9. The lowest BCUT2D eigenvalue weighted by atomic mass is 9.71. The summed E-state index contributed by atoms with van der Waals surface area (Å²) in [4.78, 5) is 0. The summed E-state index contributed by atoms with van der Waals surface area (Å²) in [6.07, 6.45) is 14.8. The molecule has 0 radical (unpaired) electrons. The minimum atomic E-state index is -0.0648. The quantitative estimate of drug-likeness (QED) is 0.0955.